The Morgan fingerprint density at radius 1 is 1.20 bits per heavy atom. The number of nitrogens with one attached hydrogen (secondary N) is 2. The molecule has 2 heterocycles. The first-order valence-corrected chi connectivity index (χ1v) is 8.83. The van der Waals surface area contributed by atoms with Gasteiger partial charge in [-0.1, -0.05) is 30.3 Å². The van der Waals surface area contributed by atoms with E-state index in [1.807, 2.05) is 31.2 Å². The van der Waals surface area contributed by atoms with Gasteiger partial charge in [0.05, 0.1) is 19.3 Å². The van der Waals surface area contributed by atoms with Gasteiger partial charge < -0.3 is 20.3 Å². The van der Waals surface area contributed by atoms with Gasteiger partial charge in [-0.25, -0.2) is 4.98 Å². The number of ether oxygens (including phenoxy) is 1. The molecule has 132 valence electrons. The molecule has 1 atom stereocenters. The van der Waals surface area contributed by atoms with Gasteiger partial charge in [-0.2, -0.15) is 4.98 Å². The molecule has 1 aliphatic heterocycles. The van der Waals surface area contributed by atoms with Crippen molar-refractivity contribution < 1.29 is 4.74 Å². The van der Waals surface area contributed by atoms with Crippen LogP contribution < -0.4 is 15.5 Å². The van der Waals surface area contributed by atoms with Gasteiger partial charge in [0.25, 0.3) is 0 Å². The van der Waals surface area contributed by atoms with Crippen LogP contribution in [0.5, 0.6) is 0 Å². The first kappa shape index (κ1) is 17.6. The molecule has 0 radical (unpaired) electrons. The fourth-order valence-electron chi connectivity index (χ4n) is 2.72. The summed E-state index contributed by atoms with van der Waals surface area (Å²) in [6.45, 7) is 7.15. The molecule has 0 amide bonds. The lowest BCUT2D eigenvalue weighted by Crippen LogP contribution is -2.37. The second kappa shape index (κ2) is 8.22. The van der Waals surface area contributed by atoms with Crippen molar-refractivity contribution in [1.82, 2.24) is 15.3 Å². The molecule has 1 saturated heterocycles. The van der Waals surface area contributed by atoms with Gasteiger partial charge in [-0.15, -0.1) is 0 Å². The Morgan fingerprint density at radius 2 is 1.92 bits per heavy atom. The minimum Gasteiger partial charge on any atom is -0.378 e. The zero-order chi connectivity index (χ0) is 17.6. The van der Waals surface area contributed by atoms with E-state index in [0.29, 0.717) is 11.1 Å². The molecule has 0 aliphatic carbocycles. The van der Waals surface area contributed by atoms with E-state index in [0.717, 1.165) is 37.8 Å². The largest absolute Gasteiger partial charge is 0.378 e. The summed E-state index contributed by atoms with van der Waals surface area (Å²) < 4.78 is 5.40. The average Bonchev–Trinajstić information content (AvgIpc) is 2.62. The minimum atomic E-state index is 0.102. The molecule has 0 unspecified atom stereocenters. The number of hydrogen-bond donors (Lipinski definition) is 2. The number of hydrogen-bond acceptors (Lipinski definition) is 5. The summed E-state index contributed by atoms with van der Waals surface area (Å²) in [5.41, 5.74) is 2.07. The Labute approximate surface area is 153 Å². The Balaban J connectivity index is 1.65. The Bertz CT molecular complexity index is 719. The van der Waals surface area contributed by atoms with Gasteiger partial charge in [0.15, 0.2) is 5.11 Å². The monoisotopic (exact) mass is 357 g/mol. The molecule has 2 N–H and O–H groups in total. The maximum absolute atomic E-state index is 5.42. The smallest absolute Gasteiger partial charge is 0.231 e. The van der Waals surface area contributed by atoms with E-state index in [1.54, 1.807) is 0 Å². The van der Waals surface area contributed by atoms with Crippen molar-refractivity contribution in [3.8, 4) is 0 Å². The number of benzene rings is 1. The molecular formula is C18H23N5OS. The van der Waals surface area contributed by atoms with E-state index in [4.69, 9.17) is 17.0 Å². The molecule has 2 aromatic rings. The third-order valence-corrected chi connectivity index (χ3v) is 4.27. The number of thiocarbonyl (C=S) groups is 1. The minimum absolute atomic E-state index is 0.102. The lowest BCUT2D eigenvalue weighted by Gasteiger charge is -2.28. The van der Waals surface area contributed by atoms with Crippen LogP contribution in [-0.4, -0.2) is 41.4 Å². The second-order valence-corrected chi connectivity index (χ2v) is 6.43. The standard InChI is InChI=1S/C18H23N5OS/c1-13-12-16(23-8-10-24-11-9-23)21-17(19-13)22-18(25)20-14(2)15-6-4-3-5-7-15/h3-7,12,14H,8-11H2,1-2H3,(H2,19,20,21,22,25)/t14-/m1/s1. The van der Waals surface area contributed by atoms with Crippen LogP contribution in [0.2, 0.25) is 0 Å². The highest BCUT2D eigenvalue weighted by Gasteiger charge is 2.15. The number of anilines is 2. The van der Waals surface area contributed by atoms with Crippen molar-refractivity contribution in [3.63, 3.8) is 0 Å². The number of rotatable bonds is 4. The van der Waals surface area contributed by atoms with Crippen molar-refractivity contribution in [1.29, 1.82) is 0 Å². The van der Waals surface area contributed by atoms with Gasteiger partial charge in [0, 0.05) is 24.8 Å². The molecule has 6 nitrogen and oxygen atoms in total. The summed E-state index contributed by atoms with van der Waals surface area (Å²) >= 11 is 5.42. The van der Waals surface area contributed by atoms with E-state index in [-0.39, 0.29) is 6.04 Å². The molecule has 25 heavy (non-hydrogen) atoms. The van der Waals surface area contributed by atoms with Crippen molar-refractivity contribution in [2.45, 2.75) is 19.9 Å². The van der Waals surface area contributed by atoms with Crippen LogP contribution >= 0.6 is 12.2 Å². The van der Waals surface area contributed by atoms with E-state index < -0.39 is 0 Å². The normalized spacial score (nSPS) is 15.5. The number of morpholine rings is 1. The van der Waals surface area contributed by atoms with Crippen LogP contribution in [0.25, 0.3) is 0 Å². The summed E-state index contributed by atoms with van der Waals surface area (Å²) in [6, 6.07) is 12.3. The molecule has 3 rings (SSSR count). The Hall–Kier alpha value is -2.25. The summed E-state index contributed by atoms with van der Waals surface area (Å²) in [5.74, 6) is 1.41. The Kier molecular flexibility index (Phi) is 5.78. The molecule has 1 aromatic carbocycles. The maximum atomic E-state index is 5.42. The van der Waals surface area contributed by atoms with Crippen LogP contribution in [0.4, 0.5) is 11.8 Å². The second-order valence-electron chi connectivity index (χ2n) is 6.02. The van der Waals surface area contributed by atoms with Gasteiger partial charge >= 0.3 is 0 Å². The predicted octanol–water partition coefficient (Wildman–Crippen LogP) is 2.67. The average molecular weight is 357 g/mol. The fourth-order valence-corrected chi connectivity index (χ4v) is 2.99. The topological polar surface area (TPSA) is 62.3 Å². The highest BCUT2D eigenvalue weighted by molar-refractivity contribution is 7.80. The van der Waals surface area contributed by atoms with E-state index in [9.17, 15) is 0 Å². The highest BCUT2D eigenvalue weighted by Crippen LogP contribution is 2.17. The molecular weight excluding hydrogens is 334 g/mol. The van der Waals surface area contributed by atoms with Crippen molar-refractivity contribution >= 4 is 29.1 Å². The van der Waals surface area contributed by atoms with E-state index in [1.165, 1.54) is 5.56 Å². The van der Waals surface area contributed by atoms with Crippen molar-refractivity contribution in [2.24, 2.45) is 0 Å². The molecule has 0 spiro atoms. The van der Waals surface area contributed by atoms with Crippen LogP contribution in [0.1, 0.15) is 24.2 Å². The molecule has 1 aliphatic rings. The number of aromatic nitrogens is 2. The lowest BCUT2D eigenvalue weighted by molar-refractivity contribution is 0.122. The molecule has 0 bridgehead atoms. The quantitative estimate of drug-likeness (QED) is 0.816. The maximum Gasteiger partial charge on any atom is 0.231 e. The first-order chi connectivity index (χ1) is 12.1. The van der Waals surface area contributed by atoms with E-state index in [2.05, 4.69) is 44.6 Å². The zero-order valence-corrected chi connectivity index (χ0v) is 15.3. The zero-order valence-electron chi connectivity index (χ0n) is 14.5. The third kappa shape index (κ3) is 4.87. The summed E-state index contributed by atoms with van der Waals surface area (Å²) in [6.07, 6.45) is 0. The lowest BCUT2D eigenvalue weighted by atomic mass is 10.1. The SMILES string of the molecule is Cc1cc(N2CCOCC2)nc(NC(=S)N[C@H](C)c2ccccc2)n1. The van der Waals surface area contributed by atoms with Crippen molar-refractivity contribution in [3.05, 3.63) is 47.7 Å². The van der Waals surface area contributed by atoms with E-state index >= 15 is 0 Å². The Morgan fingerprint density at radius 3 is 2.64 bits per heavy atom. The van der Waals surface area contributed by atoms with Crippen LogP contribution in [0.3, 0.4) is 0 Å². The third-order valence-electron chi connectivity index (χ3n) is 4.05. The number of aryl methyl sites for hydroxylation is 1. The summed E-state index contributed by atoms with van der Waals surface area (Å²) in [5, 5.41) is 6.88. The molecule has 1 aromatic heterocycles. The number of nitrogens with zero attached hydrogens (tertiary/aromatic N) is 3. The molecule has 1 fully saturated rings. The molecule has 0 saturated carbocycles. The summed E-state index contributed by atoms with van der Waals surface area (Å²) in [7, 11) is 0. The van der Waals surface area contributed by atoms with Crippen LogP contribution in [-0.2, 0) is 4.74 Å². The van der Waals surface area contributed by atoms with Gasteiger partial charge in [-0.3, -0.25) is 0 Å². The summed E-state index contributed by atoms with van der Waals surface area (Å²) in [4.78, 5) is 11.2. The van der Waals surface area contributed by atoms with Gasteiger partial charge in [0.2, 0.25) is 5.95 Å². The fraction of sp³-hybridized carbons (Fsp3) is 0.389. The van der Waals surface area contributed by atoms with Crippen LogP contribution in [0.15, 0.2) is 36.4 Å². The van der Waals surface area contributed by atoms with Gasteiger partial charge in [-0.05, 0) is 31.6 Å². The van der Waals surface area contributed by atoms with Gasteiger partial charge in [0.1, 0.15) is 5.82 Å². The first-order valence-electron chi connectivity index (χ1n) is 8.42. The highest BCUT2D eigenvalue weighted by atomic mass is 32.1. The van der Waals surface area contributed by atoms with Crippen molar-refractivity contribution in [2.75, 3.05) is 36.5 Å². The van der Waals surface area contributed by atoms with Crippen LogP contribution in [0, 0.1) is 6.92 Å². The predicted molar refractivity (Wildman–Crippen MR) is 104 cm³/mol. The molecule has 7 heteroatoms.